The Morgan fingerprint density at radius 1 is 1.13 bits per heavy atom. The van der Waals surface area contributed by atoms with E-state index >= 15 is 0 Å². The van der Waals surface area contributed by atoms with Crippen LogP contribution in [0.5, 0.6) is 0 Å². The van der Waals surface area contributed by atoms with Gasteiger partial charge < -0.3 is 15.0 Å². The highest BCUT2D eigenvalue weighted by Gasteiger charge is 2.10. The normalized spacial score (nSPS) is 9.93. The SMILES string of the molecule is CCCCC(C)C.CCO.O=C(Nc1ccc(F)c(Cl)c1)c1ccc(Cl)c(SO)c1. The van der Waals surface area contributed by atoms with Gasteiger partial charge in [-0.3, -0.25) is 4.79 Å². The first-order chi connectivity index (χ1) is 14.2. The zero-order valence-corrected chi connectivity index (χ0v) is 20.0. The number of unbranched alkanes of at least 4 members (excludes halogenated alkanes) is 1. The zero-order valence-electron chi connectivity index (χ0n) is 17.7. The molecule has 0 aliphatic rings. The van der Waals surface area contributed by atoms with Gasteiger partial charge in [0.15, 0.2) is 0 Å². The van der Waals surface area contributed by atoms with Gasteiger partial charge in [-0.15, -0.1) is 0 Å². The van der Waals surface area contributed by atoms with Gasteiger partial charge in [-0.25, -0.2) is 4.39 Å². The lowest BCUT2D eigenvalue weighted by Gasteiger charge is -2.07. The lowest BCUT2D eigenvalue weighted by Crippen LogP contribution is -2.12. The summed E-state index contributed by atoms with van der Waals surface area (Å²) in [5, 5.41) is 10.4. The molecule has 0 aromatic heterocycles. The van der Waals surface area contributed by atoms with Crippen LogP contribution in [-0.2, 0) is 0 Å². The molecule has 0 radical (unpaired) electrons. The Bertz CT molecular complexity index is 776. The summed E-state index contributed by atoms with van der Waals surface area (Å²) >= 11 is 11.9. The summed E-state index contributed by atoms with van der Waals surface area (Å²) < 4.78 is 22.0. The van der Waals surface area contributed by atoms with Crippen LogP contribution in [0.4, 0.5) is 10.1 Å². The van der Waals surface area contributed by atoms with Crippen LogP contribution in [0.25, 0.3) is 0 Å². The van der Waals surface area contributed by atoms with Gasteiger partial charge in [-0.1, -0.05) is 63.2 Å². The van der Waals surface area contributed by atoms with Crippen LogP contribution in [0.2, 0.25) is 10.0 Å². The van der Waals surface area contributed by atoms with E-state index in [1.807, 2.05) is 0 Å². The summed E-state index contributed by atoms with van der Waals surface area (Å²) in [6.07, 6.45) is 4.15. The quantitative estimate of drug-likeness (QED) is 0.371. The number of nitrogens with one attached hydrogen (secondary N) is 1. The van der Waals surface area contributed by atoms with E-state index in [4.69, 9.17) is 32.9 Å². The fourth-order valence-corrected chi connectivity index (χ4v) is 2.84. The highest BCUT2D eigenvalue weighted by molar-refractivity contribution is 7.93. The Morgan fingerprint density at radius 2 is 1.77 bits per heavy atom. The minimum absolute atomic E-state index is 0.0782. The second kappa shape index (κ2) is 16.4. The number of carbonyl (C=O) groups excluding carboxylic acids is 1. The van der Waals surface area contributed by atoms with E-state index in [1.165, 1.54) is 49.6 Å². The predicted octanol–water partition coefficient (Wildman–Crippen LogP) is 7.78. The molecule has 168 valence electrons. The fourth-order valence-electron chi connectivity index (χ4n) is 2.10. The van der Waals surface area contributed by atoms with Gasteiger partial charge in [-0.2, -0.15) is 0 Å². The molecule has 2 aromatic carbocycles. The van der Waals surface area contributed by atoms with Crippen molar-refractivity contribution >= 4 is 46.8 Å². The number of aliphatic hydroxyl groups is 1. The lowest BCUT2D eigenvalue weighted by atomic mass is 10.1. The maximum Gasteiger partial charge on any atom is 0.255 e. The average molecular weight is 478 g/mol. The molecule has 0 unspecified atom stereocenters. The first-order valence-corrected chi connectivity index (χ1v) is 11.2. The molecule has 0 spiro atoms. The fraction of sp³-hybridized carbons (Fsp3) is 0.409. The van der Waals surface area contributed by atoms with E-state index in [1.54, 1.807) is 6.92 Å². The Hall–Kier alpha value is -1.31. The monoisotopic (exact) mass is 477 g/mol. The number of amides is 1. The third-order valence-corrected chi connectivity index (χ3v) is 4.87. The third kappa shape index (κ3) is 11.8. The van der Waals surface area contributed by atoms with Crippen molar-refractivity contribution in [2.45, 2.75) is 51.9 Å². The number of anilines is 1. The number of benzene rings is 2. The van der Waals surface area contributed by atoms with Gasteiger partial charge in [-0.05, 0) is 49.2 Å². The van der Waals surface area contributed by atoms with E-state index in [0.717, 1.165) is 12.0 Å². The van der Waals surface area contributed by atoms with Crippen molar-refractivity contribution in [1.82, 2.24) is 0 Å². The zero-order chi connectivity index (χ0) is 23.1. The highest BCUT2D eigenvalue weighted by Crippen LogP contribution is 2.26. The molecule has 0 saturated heterocycles. The maximum absolute atomic E-state index is 13.0. The van der Waals surface area contributed by atoms with Crippen molar-refractivity contribution in [3.63, 3.8) is 0 Å². The third-order valence-electron chi connectivity index (χ3n) is 3.60. The van der Waals surface area contributed by atoms with Crippen molar-refractivity contribution < 1.29 is 18.8 Å². The molecule has 2 rings (SSSR count). The molecule has 2 aromatic rings. The average Bonchev–Trinajstić information content (AvgIpc) is 2.70. The van der Waals surface area contributed by atoms with Gasteiger partial charge in [0.25, 0.3) is 5.91 Å². The van der Waals surface area contributed by atoms with E-state index in [0.29, 0.717) is 33.2 Å². The van der Waals surface area contributed by atoms with Crippen molar-refractivity contribution in [3.05, 3.63) is 57.8 Å². The Kier molecular flexibility index (Phi) is 15.7. The smallest absolute Gasteiger partial charge is 0.255 e. The minimum atomic E-state index is -0.560. The Morgan fingerprint density at radius 3 is 2.23 bits per heavy atom. The number of hydrogen-bond acceptors (Lipinski definition) is 4. The van der Waals surface area contributed by atoms with Crippen molar-refractivity contribution in [2.24, 2.45) is 5.92 Å². The van der Waals surface area contributed by atoms with Gasteiger partial charge >= 0.3 is 0 Å². The molecule has 4 nitrogen and oxygen atoms in total. The summed E-state index contributed by atoms with van der Waals surface area (Å²) in [5.74, 6) is -0.0743. The number of halogens is 3. The highest BCUT2D eigenvalue weighted by atomic mass is 35.5. The number of carbonyl (C=O) groups is 1. The number of hydrogen-bond donors (Lipinski definition) is 3. The molecule has 0 bridgehead atoms. The van der Waals surface area contributed by atoms with Gasteiger partial charge in [0.2, 0.25) is 0 Å². The Balaban J connectivity index is 0.000000706. The van der Waals surface area contributed by atoms with Gasteiger partial charge in [0.1, 0.15) is 5.82 Å². The number of rotatable bonds is 6. The van der Waals surface area contributed by atoms with Gasteiger partial charge in [0.05, 0.1) is 14.9 Å². The molecule has 0 atom stereocenters. The molecular formula is C22H30Cl2FNO3S. The maximum atomic E-state index is 13.0. The van der Waals surface area contributed by atoms with Crippen LogP contribution in [0.1, 0.15) is 57.3 Å². The lowest BCUT2D eigenvalue weighted by molar-refractivity contribution is 0.102. The van der Waals surface area contributed by atoms with Crippen LogP contribution in [0.15, 0.2) is 41.3 Å². The molecule has 3 N–H and O–H groups in total. The van der Waals surface area contributed by atoms with Crippen LogP contribution >= 0.6 is 35.2 Å². The second-order valence-corrected chi connectivity index (χ2v) is 8.11. The van der Waals surface area contributed by atoms with E-state index in [9.17, 15) is 9.18 Å². The molecule has 30 heavy (non-hydrogen) atoms. The molecular weight excluding hydrogens is 448 g/mol. The second-order valence-electron chi connectivity index (χ2n) is 6.67. The topological polar surface area (TPSA) is 69.6 Å². The summed E-state index contributed by atoms with van der Waals surface area (Å²) in [7, 11) is 0. The summed E-state index contributed by atoms with van der Waals surface area (Å²) in [4.78, 5) is 12.4. The molecule has 0 aliphatic heterocycles. The van der Waals surface area contributed by atoms with Crippen molar-refractivity contribution in [3.8, 4) is 0 Å². The predicted molar refractivity (Wildman–Crippen MR) is 126 cm³/mol. The standard InChI is InChI=1S/C13H8Cl2FNO2S.C7H16.C2H6O/c14-9-3-1-7(5-12(9)20-19)13(18)17-8-2-4-11(16)10(15)6-8;1-4-5-6-7(2)3;1-2-3/h1-6,19H,(H,17,18);7H,4-6H2,1-3H3;3H,2H2,1H3. The largest absolute Gasteiger partial charge is 0.397 e. The van der Waals surface area contributed by atoms with E-state index < -0.39 is 11.7 Å². The molecule has 0 aliphatic carbocycles. The molecule has 1 amide bonds. The molecule has 8 heteroatoms. The van der Waals surface area contributed by atoms with Crippen molar-refractivity contribution in [2.75, 3.05) is 11.9 Å². The van der Waals surface area contributed by atoms with Gasteiger partial charge in [0, 0.05) is 29.9 Å². The van der Waals surface area contributed by atoms with Crippen LogP contribution < -0.4 is 5.32 Å². The minimum Gasteiger partial charge on any atom is -0.397 e. The molecule has 0 saturated carbocycles. The number of aliphatic hydroxyl groups excluding tert-OH is 1. The first-order valence-electron chi connectivity index (χ1n) is 9.68. The van der Waals surface area contributed by atoms with E-state index in [-0.39, 0.29) is 11.6 Å². The van der Waals surface area contributed by atoms with Crippen LogP contribution in [0.3, 0.4) is 0 Å². The summed E-state index contributed by atoms with van der Waals surface area (Å²) in [5.41, 5.74) is 0.681. The Labute approximate surface area is 193 Å². The van der Waals surface area contributed by atoms with Crippen LogP contribution in [-0.4, -0.2) is 22.2 Å². The first kappa shape index (κ1) is 28.7. The summed E-state index contributed by atoms with van der Waals surface area (Å²) in [6.45, 7) is 8.72. The van der Waals surface area contributed by atoms with Crippen molar-refractivity contribution in [1.29, 1.82) is 0 Å². The van der Waals surface area contributed by atoms with Crippen LogP contribution in [0, 0.1) is 11.7 Å². The molecule has 0 fully saturated rings. The molecule has 0 heterocycles. The van der Waals surface area contributed by atoms with E-state index in [2.05, 4.69) is 26.1 Å². The summed E-state index contributed by atoms with van der Waals surface area (Å²) in [6, 6.07) is 8.35.